The number of benzene rings is 3. The fraction of sp³-hybridized carbons (Fsp3) is 0.379. The lowest BCUT2D eigenvalue weighted by molar-refractivity contribution is 0.00461. The summed E-state index contributed by atoms with van der Waals surface area (Å²) in [5.41, 5.74) is 4.08. The first-order valence-electron chi connectivity index (χ1n) is 12.1. The first kappa shape index (κ1) is 21.2. The minimum absolute atomic E-state index is 0.361. The summed E-state index contributed by atoms with van der Waals surface area (Å²) in [5.74, 6) is 2.09. The Balaban J connectivity index is 1.47. The molecule has 3 heterocycles. The predicted octanol–water partition coefficient (Wildman–Crippen LogP) is 5.47. The summed E-state index contributed by atoms with van der Waals surface area (Å²) in [6.45, 7) is 6.01. The minimum Gasteiger partial charge on any atom is -0.494 e. The van der Waals surface area contributed by atoms with Gasteiger partial charge < -0.3 is 10.1 Å². The molecule has 0 aliphatic carbocycles. The Morgan fingerprint density at radius 3 is 2.06 bits per heavy atom. The van der Waals surface area contributed by atoms with Crippen molar-refractivity contribution in [1.82, 2.24) is 10.2 Å². The smallest absolute Gasteiger partial charge is 0.123 e. The first-order chi connectivity index (χ1) is 15.8. The van der Waals surface area contributed by atoms with E-state index in [2.05, 4.69) is 102 Å². The number of para-hydroxylation sites is 1. The Kier molecular flexibility index (Phi) is 6.56. The molecule has 0 radical (unpaired) electrons. The molecule has 6 rings (SSSR count). The van der Waals surface area contributed by atoms with Gasteiger partial charge in [0, 0.05) is 30.1 Å². The van der Waals surface area contributed by atoms with Crippen molar-refractivity contribution in [2.24, 2.45) is 5.92 Å². The van der Waals surface area contributed by atoms with Crippen molar-refractivity contribution in [3.8, 4) is 5.75 Å². The van der Waals surface area contributed by atoms with E-state index >= 15 is 0 Å². The third-order valence-electron chi connectivity index (χ3n) is 7.33. The molecule has 3 aromatic carbocycles. The van der Waals surface area contributed by atoms with Gasteiger partial charge in [0.05, 0.1) is 6.61 Å². The number of piperidine rings is 3. The van der Waals surface area contributed by atoms with E-state index in [1.54, 1.807) is 0 Å². The minimum atomic E-state index is 0.361. The van der Waals surface area contributed by atoms with Gasteiger partial charge in [-0.05, 0) is 56.0 Å². The third kappa shape index (κ3) is 4.32. The summed E-state index contributed by atoms with van der Waals surface area (Å²) in [6.07, 6.45) is 2.58. The molecule has 3 aliphatic heterocycles. The number of nitrogens with zero attached hydrogens (tertiary/aromatic N) is 1. The van der Waals surface area contributed by atoms with Crippen molar-refractivity contribution >= 4 is 0 Å². The van der Waals surface area contributed by atoms with E-state index in [0.29, 0.717) is 24.6 Å². The van der Waals surface area contributed by atoms with Crippen molar-refractivity contribution in [3.63, 3.8) is 0 Å². The largest absolute Gasteiger partial charge is 0.494 e. The third-order valence-corrected chi connectivity index (χ3v) is 7.33. The summed E-state index contributed by atoms with van der Waals surface area (Å²) >= 11 is 0. The van der Waals surface area contributed by atoms with E-state index < -0.39 is 0 Å². The van der Waals surface area contributed by atoms with Crippen LogP contribution >= 0.6 is 0 Å². The molecule has 3 saturated heterocycles. The maximum absolute atomic E-state index is 5.90. The molecule has 2 atom stereocenters. The van der Waals surface area contributed by atoms with Crippen molar-refractivity contribution < 1.29 is 4.74 Å². The SMILES string of the molecule is CCOc1ccccc1CN[C@@H]1C2CCN(CC2)[C@H]1C(c1ccccc1)c1ccccc1. The Hall–Kier alpha value is -2.62. The van der Waals surface area contributed by atoms with Gasteiger partial charge in [-0.1, -0.05) is 78.9 Å². The van der Waals surface area contributed by atoms with Crippen LogP contribution in [0.25, 0.3) is 0 Å². The van der Waals surface area contributed by atoms with Crippen molar-refractivity contribution in [3.05, 3.63) is 102 Å². The highest BCUT2D eigenvalue weighted by molar-refractivity contribution is 5.37. The van der Waals surface area contributed by atoms with Gasteiger partial charge in [0.25, 0.3) is 0 Å². The number of fused-ring (bicyclic) bond motifs is 3. The molecule has 32 heavy (non-hydrogen) atoms. The lowest BCUT2D eigenvalue weighted by Crippen LogP contribution is -2.64. The van der Waals surface area contributed by atoms with Crippen LogP contribution in [0, 0.1) is 5.92 Å². The molecule has 3 fully saturated rings. The second-order valence-electron chi connectivity index (χ2n) is 9.11. The average Bonchev–Trinajstić information content (AvgIpc) is 2.86. The molecule has 3 aromatic rings. The zero-order valence-electron chi connectivity index (χ0n) is 19.0. The molecule has 2 bridgehead atoms. The Bertz CT molecular complexity index is 943. The van der Waals surface area contributed by atoms with E-state index in [-0.39, 0.29) is 0 Å². The van der Waals surface area contributed by atoms with Crippen LogP contribution in [0.1, 0.15) is 42.4 Å². The number of hydrogen-bond donors (Lipinski definition) is 1. The van der Waals surface area contributed by atoms with Crippen molar-refractivity contribution in [1.29, 1.82) is 0 Å². The summed E-state index contributed by atoms with van der Waals surface area (Å²) in [6, 6.07) is 31.6. The van der Waals surface area contributed by atoms with E-state index in [0.717, 1.165) is 18.2 Å². The van der Waals surface area contributed by atoms with Crippen molar-refractivity contribution in [2.75, 3.05) is 19.7 Å². The average molecular weight is 427 g/mol. The fourth-order valence-electron chi connectivity index (χ4n) is 5.87. The second-order valence-corrected chi connectivity index (χ2v) is 9.11. The Morgan fingerprint density at radius 2 is 1.44 bits per heavy atom. The number of hydrogen-bond acceptors (Lipinski definition) is 3. The predicted molar refractivity (Wildman–Crippen MR) is 131 cm³/mol. The monoisotopic (exact) mass is 426 g/mol. The van der Waals surface area contributed by atoms with Gasteiger partial charge in [-0.25, -0.2) is 0 Å². The summed E-state index contributed by atoms with van der Waals surface area (Å²) in [4.78, 5) is 2.75. The molecule has 0 spiro atoms. The van der Waals surface area contributed by atoms with Crippen LogP contribution in [-0.4, -0.2) is 36.7 Å². The molecule has 3 nitrogen and oxygen atoms in total. The molecule has 0 unspecified atom stereocenters. The van der Waals surface area contributed by atoms with Crippen LogP contribution < -0.4 is 10.1 Å². The molecule has 0 saturated carbocycles. The zero-order chi connectivity index (χ0) is 21.8. The van der Waals surface area contributed by atoms with Crippen LogP contribution in [-0.2, 0) is 6.54 Å². The van der Waals surface area contributed by atoms with E-state index in [9.17, 15) is 0 Å². The van der Waals surface area contributed by atoms with Gasteiger partial charge in [0.2, 0.25) is 0 Å². The topological polar surface area (TPSA) is 24.5 Å². The summed E-state index contributed by atoms with van der Waals surface area (Å²) in [7, 11) is 0. The molecule has 1 N–H and O–H groups in total. The van der Waals surface area contributed by atoms with Gasteiger partial charge in [0.15, 0.2) is 0 Å². The Morgan fingerprint density at radius 1 is 0.844 bits per heavy atom. The van der Waals surface area contributed by atoms with E-state index in [1.807, 2.05) is 0 Å². The molecule has 3 heteroatoms. The number of ether oxygens (including phenoxy) is 1. The normalized spacial score (nSPS) is 24.6. The van der Waals surface area contributed by atoms with Crippen LogP contribution in [0.4, 0.5) is 0 Å². The zero-order valence-corrected chi connectivity index (χ0v) is 19.0. The molecule has 166 valence electrons. The van der Waals surface area contributed by atoms with Crippen LogP contribution in [0.15, 0.2) is 84.9 Å². The molecule has 0 aromatic heterocycles. The standard InChI is InChI=1S/C29H34N2O/c1-2-32-26-16-10-9-15-25(26)21-30-28-24-17-19-31(20-18-24)29(28)27(22-11-5-3-6-12-22)23-13-7-4-8-14-23/h3-16,24,27-30H,2,17-21H2,1H3/t28-,29+/m1/s1. The fourth-order valence-corrected chi connectivity index (χ4v) is 5.87. The molecular weight excluding hydrogens is 392 g/mol. The van der Waals surface area contributed by atoms with E-state index in [1.165, 1.54) is 42.6 Å². The van der Waals surface area contributed by atoms with Crippen LogP contribution in [0.3, 0.4) is 0 Å². The maximum atomic E-state index is 5.90. The maximum Gasteiger partial charge on any atom is 0.123 e. The van der Waals surface area contributed by atoms with Crippen LogP contribution in [0.5, 0.6) is 5.75 Å². The van der Waals surface area contributed by atoms with E-state index in [4.69, 9.17) is 4.74 Å². The Labute approximate surface area is 192 Å². The van der Waals surface area contributed by atoms with Gasteiger partial charge >= 0.3 is 0 Å². The highest BCUT2D eigenvalue weighted by atomic mass is 16.5. The highest BCUT2D eigenvalue weighted by Crippen LogP contribution is 2.42. The first-order valence-corrected chi connectivity index (χ1v) is 12.1. The molecule has 0 amide bonds. The van der Waals surface area contributed by atoms with Gasteiger partial charge in [0.1, 0.15) is 5.75 Å². The van der Waals surface area contributed by atoms with Crippen molar-refractivity contribution in [2.45, 2.75) is 44.3 Å². The lowest BCUT2D eigenvalue weighted by Gasteiger charge is -2.54. The second kappa shape index (κ2) is 9.89. The summed E-state index contributed by atoms with van der Waals surface area (Å²) in [5, 5.41) is 4.02. The number of rotatable bonds is 8. The lowest BCUT2D eigenvalue weighted by atomic mass is 9.70. The molecule has 3 aliphatic rings. The number of nitrogens with one attached hydrogen (secondary N) is 1. The quantitative estimate of drug-likeness (QED) is 0.517. The van der Waals surface area contributed by atoms with Gasteiger partial charge in [-0.3, -0.25) is 4.90 Å². The molecular formula is C29H34N2O. The van der Waals surface area contributed by atoms with Gasteiger partial charge in [-0.2, -0.15) is 0 Å². The highest BCUT2D eigenvalue weighted by Gasteiger charge is 2.46. The van der Waals surface area contributed by atoms with Gasteiger partial charge in [-0.15, -0.1) is 0 Å². The van der Waals surface area contributed by atoms with Crippen LogP contribution in [0.2, 0.25) is 0 Å². The summed E-state index contributed by atoms with van der Waals surface area (Å²) < 4.78 is 5.90.